The van der Waals surface area contributed by atoms with Gasteiger partial charge in [-0.25, -0.2) is 18.5 Å². The summed E-state index contributed by atoms with van der Waals surface area (Å²) in [5, 5.41) is -0.174. The molecule has 0 saturated carbocycles. The van der Waals surface area contributed by atoms with Gasteiger partial charge in [-0.3, -0.25) is 4.79 Å². The van der Waals surface area contributed by atoms with Crippen LogP contribution in [0.5, 0.6) is 0 Å². The molecule has 9 heteroatoms. The minimum Gasteiger partial charge on any atom is -0.456 e. The number of carbonyl (C=O) groups excluding carboxylic acids is 1. The molecule has 0 N–H and O–H groups in total. The van der Waals surface area contributed by atoms with Gasteiger partial charge < -0.3 is 14.0 Å². The number of carbonyl (C=O) groups is 1. The summed E-state index contributed by atoms with van der Waals surface area (Å²) in [7, 11) is 1.46. The minimum atomic E-state index is -0.904. The zero-order valence-corrected chi connectivity index (χ0v) is 14.9. The fraction of sp³-hybridized carbons (Fsp3) is 0.353. The summed E-state index contributed by atoms with van der Waals surface area (Å²) in [5.74, 6) is -1.68. The van der Waals surface area contributed by atoms with Crippen LogP contribution in [0.25, 0.3) is 5.69 Å². The standard InChI is InChI=1S/C17H16ClFN2O5/c1-9-5-15(22)21(17(24)20(9)2)14-6-11(12(18)7-13(14)19)16(23)26-10-3-4-25-8-10/h5-7,10H,3-4,8H2,1-2H3. The van der Waals surface area contributed by atoms with Gasteiger partial charge in [0.25, 0.3) is 5.56 Å². The van der Waals surface area contributed by atoms with Crippen molar-refractivity contribution in [2.45, 2.75) is 19.4 Å². The Balaban J connectivity index is 2.10. The lowest BCUT2D eigenvalue weighted by Gasteiger charge is -2.14. The van der Waals surface area contributed by atoms with Gasteiger partial charge in [-0.2, -0.15) is 0 Å². The smallest absolute Gasteiger partial charge is 0.340 e. The number of aryl methyl sites for hydroxylation is 1. The molecule has 0 radical (unpaired) electrons. The predicted octanol–water partition coefficient (Wildman–Crippen LogP) is 1.58. The largest absolute Gasteiger partial charge is 0.456 e. The van der Waals surface area contributed by atoms with E-state index >= 15 is 0 Å². The summed E-state index contributed by atoms with van der Waals surface area (Å²) < 4.78 is 26.7. The second-order valence-electron chi connectivity index (χ2n) is 5.98. The van der Waals surface area contributed by atoms with Crippen LogP contribution in [0.15, 0.2) is 27.8 Å². The van der Waals surface area contributed by atoms with Crippen molar-refractivity contribution in [1.29, 1.82) is 0 Å². The first kappa shape index (κ1) is 18.3. The quantitative estimate of drug-likeness (QED) is 0.753. The highest BCUT2D eigenvalue weighted by molar-refractivity contribution is 6.33. The topological polar surface area (TPSA) is 79.5 Å². The molecule has 1 aliphatic heterocycles. The van der Waals surface area contributed by atoms with E-state index in [0.717, 1.165) is 12.1 Å². The van der Waals surface area contributed by atoms with Gasteiger partial charge in [0.1, 0.15) is 11.9 Å². The fourth-order valence-corrected chi connectivity index (χ4v) is 2.87. The van der Waals surface area contributed by atoms with E-state index in [-0.39, 0.29) is 22.9 Å². The maximum atomic E-state index is 14.4. The van der Waals surface area contributed by atoms with Gasteiger partial charge in [-0.1, -0.05) is 11.6 Å². The third-order valence-electron chi connectivity index (χ3n) is 4.22. The number of halogens is 2. The molecule has 0 aliphatic carbocycles. The average molecular weight is 383 g/mol. The fourth-order valence-electron chi connectivity index (χ4n) is 2.64. The summed E-state index contributed by atoms with van der Waals surface area (Å²) in [6.45, 7) is 2.34. The molecule has 0 spiro atoms. The van der Waals surface area contributed by atoms with E-state index in [2.05, 4.69) is 0 Å². The van der Waals surface area contributed by atoms with Gasteiger partial charge in [-0.05, 0) is 19.1 Å². The van der Waals surface area contributed by atoms with Gasteiger partial charge in [0.2, 0.25) is 0 Å². The molecule has 3 rings (SSSR count). The molecule has 138 valence electrons. The Kier molecular flexibility index (Phi) is 4.97. The highest BCUT2D eigenvalue weighted by atomic mass is 35.5. The van der Waals surface area contributed by atoms with Gasteiger partial charge in [-0.15, -0.1) is 0 Å². The lowest BCUT2D eigenvalue weighted by Crippen LogP contribution is -2.38. The monoisotopic (exact) mass is 382 g/mol. The summed E-state index contributed by atoms with van der Waals surface area (Å²) in [5.41, 5.74) is -1.53. The number of aromatic nitrogens is 2. The normalized spacial score (nSPS) is 16.7. The Morgan fingerprint density at radius 2 is 2.08 bits per heavy atom. The molecule has 1 unspecified atom stereocenters. The first-order chi connectivity index (χ1) is 12.3. The highest BCUT2D eigenvalue weighted by Crippen LogP contribution is 2.24. The predicted molar refractivity (Wildman–Crippen MR) is 91.6 cm³/mol. The maximum Gasteiger partial charge on any atom is 0.340 e. The van der Waals surface area contributed by atoms with Crippen molar-refractivity contribution in [3.8, 4) is 5.69 Å². The molecule has 7 nitrogen and oxygen atoms in total. The third-order valence-corrected chi connectivity index (χ3v) is 4.53. The van der Waals surface area contributed by atoms with Crippen LogP contribution in [0.1, 0.15) is 22.5 Å². The lowest BCUT2D eigenvalue weighted by atomic mass is 10.2. The summed E-state index contributed by atoms with van der Waals surface area (Å²) >= 11 is 5.96. The van der Waals surface area contributed by atoms with E-state index in [0.29, 0.717) is 23.3 Å². The zero-order valence-electron chi connectivity index (χ0n) is 14.1. The number of nitrogens with zero attached hydrogens (tertiary/aromatic N) is 2. The van der Waals surface area contributed by atoms with Crippen molar-refractivity contribution < 1.29 is 18.7 Å². The van der Waals surface area contributed by atoms with Gasteiger partial charge in [0, 0.05) is 25.2 Å². The molecule has 1 atom stereocenters. The summed E-state index contributed by atoms with van der Waals surface area (Å²) in [6.07, 6.45) is 0.136. The Bertz CT molecular complexity index is 992. The van der Waals surface area contributed by atoms with E-state index in [1.165, 1.54) is 17.7 Å². The Labute approximate surface area is 152 Å². The van der Waals surface area contributed by atoms with Crippen molar-refractivity contribution in [2.75, 3.05) is 13.2 Å². The van der Waals surface area contributed by atoms with Gasteiger partial charge in [0.05, 0.1) is 29.5 Å². The van der Waals surface area contributed by atoms with E-state index in [1.54, 1.807) is 6.92 Å². The minimum absolute atomic E-state index is 0.135. The molecule has 0 bridgehead atoms. The number of ether oxygens (including phenoxy) is 2. The second kappa shape index (κ2) is 7.05. The SMILES string of the molecule is Cc1cc(=O)n(-c2cc(C(=O)OC3CCOC3)c(Cl)cc2F)c(=O)n1C. The van der Waals surface area contributed by atoms with E-state index in [9.17, 15) is 18.8 Å². The van der Waals surface area contributed by atoms with Crippen LogP contribution in [0, 0.1) is 12.7 Å². The van der Waals surface area contributed by atoms with E-state index < -0.39 is 29.1 Å². The van der Waals surface area contributed by atoms with E-state index in [1.807, 2.05) is 0 Å². The summed E-state index contributed by atoms with van der Waals surface area (Å²) in [6, 6.07) is 3.13. The molecule has 1 aromatic carbocycles. The number of rotatable bonds is 3. The average Bonchev–Trinajstić information content (AvgIpc) is 3.07. The van der Waals surface area contributed by atoms with E-state index in [4.69, 9.17) is 21.1 Å². The van der Waals surface area contributed by atoms with Crippen LogP contribution in [0.4, 0.5) is 4.39 Å². The van der Waals surface area contributed by atoms with Crippen molar-refractivity contribution in [2.24, 2.45) is 7.05 Å². The van der Waals surface area contributed by atoms with Gasteiger partial charge >= 0.3 is 11.7 Å². The van der Waals surface area contributed by atoms with Crippen molar-refractivity contribution in [1.82, 2.24) is 9.13 Å². The third kappa shape index (κ3) is 3.30. The molecule has 1 fully saturated rings. The maximum absolute atomic E-state index is 14.4. The Morgan fingerprint density at radius 3 is 2.73 bits per heavy atom. The molecule has 1 saturated heterocycles. The Hall–Kier alpha value is -2.45. The van der Waals surface area contributed by atoms with Crippen molar-refractivity contribution in [3.63, 3.8) is 0 Å². The first-order valence-corrected chi connectivity index (χ1v) is 8.25. The van der Waals surface area contributed by atoms with Crippen LogP contribution in [-0.2, 0) is 16.5 Å². The van der Waals surface area contributed by atoms with Crippen LogP contribution in [0.3, 0.4) is 0 Å². The number of hydrogen-bond donors (Lipinski definition) is 0. The molecule has 26 heavy (non-hydrogen) atoms. The number of esters is 1. The second-order valence-corrected chi connectivity index (χ2v) is 6.38. The Morgan fingerprint density at radius 1 is 1.35 bits per heavy atom. The number of hydrogen-bond acceptors (Lipinski definition) is 5. The van der Waals surface area contributed by atoms with Crippen molar-refractivity contribution in [3.05, 3.63) is 61.1 Å². The molecule has 1 aromatic heterocycles. The highest BCUT2D eigenvalue weighted by Gasteiger charge is 2.24. The molecule has 2 heterocycles. The zero-order chi connectivity index (χ0) is 19.0. The van der Waals surface area contributed by atoms with Crippen LogP contribution >= 0.6 is 11.6 Å². The van der Waals surface area contributed by atoms with Crippen LogP contribution in [0.2, 0.25) is 5.02 Å². The lowest BCUT2D eigenvalue weighted by molar-refractivity contribution is 0.0271. The molecular formula is C17H16ClFN2O5. The molecule has 2 aromatic rings. The first-order valence-electron chi connectivity index (χ1n) is 7.87. The molecule has 1 aliphatic rings. The van der Waals surface area contributed by atoms with Crippen LogP contribution in [-0.4, -0.2) is 34.4 Å². The van der Waals surface area contributed by atoms with Crippen molar-refractivity contribution >= 4 is 17.6 Å². The number of benzene rings is 1. The van der Waals surface area contributed by atoms with Gasteiger partial charge in [0.15, 0.2) is 0 Å². The molecule has 0 amide bonds. The van der Waals surface area contributed by atoms with Crippen LogP contribution < -0.4 is 11.2 Å². The summed E-state index contributed by atoms with van der Waals surface area (Å²) in [4.78, 5) is 37.0. The molecular weight excluding hydrogens is 367 g/mol.